The quantitative estimate of drug-likeness (QED) is 0.233. The molecule has 0 saturated heterocycles. The maximum atomic E-state index is 8.60. The number of nitrogens with zero attached hydrogens (tertiary/aromatic N) is 2. The summed E-state index contributed by atoms with van der Waals surface area (Å²) < 4.78 is 0. The summed E-state index contributed by atoms with van der Waals surface area (Å²) in [6, 6.07) is 0.756. The van der Waals surface area contributed by atoms with Gasteiger partial charge in [-0.2, -0.15) is 0 Å². The van der Waals surface area contributed by atoms with Gasteiger partial charge in [-0.1, -0.05) is 25.9 Å². The SMILES string of the molecule is CCC(CC(N)=NO)NC(C)CCCN(CC)CC. The van der Waals surface area contributed by atoms with Crippen molar-refractivity contribution in [1.29, 1.82) is 0 Å². The molecule has 0 aromatic carbocycles. The number of oxime groups is 1. The predicted octanol–water partition coefficient (Wildman–Crippen LogP) is 2.00. The minimum atomic E-state index is 0.291. The van der Waals surface area contributed by atoms with Crippen molar-refractivity contribution in [2.24, 2.45) is 10.9 Å². The molecule has 19 heavy (non-hydrogen) atoms. The molecule has 0 saturated carbocycles. The number of hydrogen-bond donors (Lipinski definition) is 3. The minimum absolute atomic E-state index is 0.291. The van der Waals surface area contributed by atoms with Crippen molar-refractivity contribution in [2.75, 3.05) is 19.6 Å². The zero-order chi connectivity index (χ0) is 14.7. The van der Waals surface area contributed by atoms with Crippen LogP contribution < -0.4 is 11.1 Å². The summed E-state index contributed by atoms with van der Waals surface area (Å²) in [7, 11) is 0. The van der Waals surface area contributed by atoms with E-state index in [-0.39, 0.29) is 0 Å². The lowest BCUT2D eigenvalue weighted by atomic mass is 10.1. The van der Waals surface area contributed by atoms with Gasteiger partial charge in [0.2, 0.25) is 0 Å². The molecular weight excluding hydrogens is 240 g/mol. The lowest BCUT2D eigenvalue weighted by Crippen LogP contribution is -2.39. The van der Waals surface area contributed by atoms with E-state index in [0.29, 0.717) is 24.3 Å². The van der Waals surface area contributed by atoms with Gasteiger partial charge < -0.3 is 21.2 Å². The fourth-order valence-electron chi connectivity index (χ4n) is 2.26. The van der Waals surface area contributed by atoms with Crippen LogP contribution >= 0.6 is 0 Å². The fraction of sp³-hybridized carbons (Fsp3) is 0.929. The van der Waals surface area contributed by atoms with Crippen LogP contribution in [0.4, 0.5) is 0 Å². The first kappa shape index (κ1) is 18.2. The Morgan fingerprint density at radius 2 is 1.95 bits per heavy atom. The Labute approximate surface area is 118 Å². The van der Waals surface area contributed by atoms with Crippen molar-refractivity contribution in [3.05, 3.63) is 0 Å². The van der Waals surface area contributed by atoms with E-state index in [1.54, 1.807) is 0 Å². The molecule has 0 fully saturated rings. The molecule has 0 aliphatic carbocycles. The third-order valence-corrected chi connectivity index (χ3v) is 3.60. The molecule has 0 aromatic heterocycles. The average molecular weight is 272 g/mol. The highest BCUT2D eigenvalue weighted by Crippen LogP contribution is 2.04. The molecular formula is C14H32N4O. The number of amidine groups is 1. The molecule has 0 aliphatic heterocycles. The highest BCUT2D eigenvalue weighted by molar-refractivity contribution is 5.80. The van der Waals surface area contributed by atoms with Crippen LogP contribution in [0, 0.1) is 0 Å². The molecule has 0 radical (unpaired) electrons. The molecule has 0 bridgehead atoms. The van der Waals surface area contributed by atoms with E-state index >= 15 is 0 Å². The summed E-state index contributed by atoms with van der Waals surface area (Å²) in [6.07, 6.45) is 3.95. The van der Waals surface area contributed by atoms with Crippen molar-refractivity contribution in [3.63, 3.8) is 0 Å². The highest BCUT2D eigenvalue weighted by Gasteiger charge is 2.12. The van der Waals surface area contributed by atoms with E-state index in [1.807, 2.05) is 0 Å². The highest BCUT2D eigenvalue weighted by atomic mass is 16.4. The molecule has 2 unspecified atom stereocenters. The van der Waals surface area contributed by atoms with Gasteiger partial charge in [-0.15, -0.1) is 0 Å². The Hall–Kier alpha value is -0.810. The Morgan fingerprint density at radius 1 is 1.32 bits per heavy atom. The van der Waals surface area contributed by atoms with Crippen LogP contribution in [0.5, 0.6) is 0 Å². The molecule has 5 heteroatoms. The minimum Gasteiger partial charge on any atom is -0.409 e. The molecule has 2 atom stereocenters. The van der Waals surface area contributed by atoms with E-state index < -0.39 is 0 Å². The second-order valence-electron chi connectivity index (χ2n) is 5.14. The van der Waals surface area contributed by atoms with Crippen LogP contribution in [-0.4, -0.2) is 47.7 Å². The molecule has 0 aromatic rings. The lowest BCUT2D eigenvalue weighted by Gasteiger charge is -2.23. The van der Waals surface area contributed by atoms with Gasteiger partial charge in [0.15, 0.2) is 0 Å². The number of nitrogens with two attached hydrogens (primary N) is 1. The average Bonchev–Trinajstić information content (AvgIpc) is 2.42. The van der Waals surface area contributed by atoms with Crippen molar-refractivity contribution in [3.8, 4) is 0 Å². The van der Waals surface area contributed by atoms with Crippen LogP contribution in [0.2, 0.25) is 0 Å². The fourth-order valence-corrected chi connectivity index (χ4v) is 2.26. The second kappa shape index (κ2) is 11.1. The van der Waals surface area contributed by atoms with E-state index in [4.69, 9.17) is 10.9 Å². The summed E-state index contributed by atoms with van der Waals surface area (Å²) in [4.78, 5) is 2.44. The third-order valence-electron chi connectivity index (χ3n) is 3.60. The maximum absolute atomic E-state index is 8.60. The number of rotatable bonds is 11. The van der Waals surface area contributed by atoms with E-state index in [9.17, 15) is 0 Å². The molecule has 0 aliphatic rings. The first-order valence-corrected chi connectivity index (χ1v) is 7.52. The molecule has 0 heterocycles. The number of hydrogen-bond acceptors (Lipinski definition) is 4. The standard InChI is InChI=1S/C14H32N4O/c1-5-13(11-14(15)17-19)16-12(4)9-8-10-18(6-2)7-3/h12-13,16,19H,5-11H2,1-4H3,(H2,15,17). The maximum Gasteiger partial charge on any atom is 0.140 e. The second-order valence-corrected chi connectivity index (χ2v) is 5.14. The van der Waals surface area contributed by atoms with E-state index in [1.165, 1.54) is 6.42 Å². The molecule has 0 spiro atoms. The van der Waals surface area contributed by atoms with Crippen molar-refractivity contribution >= 4 is 5.84 Å². The summed E-state index contributed by atoms with van der Waals surface area (Å²) in [5.74, 6) is 0.301. The normalized spacial score (nSPS) is 15.7. The topological polar surface area (TPSA) is 73.9 Å². The zero-order valence-electron chi connectivity index (χ0n) is 13.0. The molecule has 0 amide bonds. The first-order chi connectivity index (χ1) is 9.07. The van der Waals surface area contributed by atoms with Crippen molar-refractivity contribution < 1.29 is 5.21 Å². The van der Waals surface area contributed by atoms with Gasteiger partial charge in [0.05, 0.1) is 0 Å². The van der Waals surface area contributed by atoms with Crippen molar-refractivity contribution in [1.82, 2.24) is 10.2 Å². The van der Waals surface area contributed by atoms with Gasteiger partial charge in [0, 0.05) is 18.5 Å². The smallest absolute Gasteiger partial charge is 0.140 e. The van der Waals surface area contributed by atoms with Crippen LogP contribution in [0.3, 0.4) is 0 Å². The predicted molar refractivity (Wildman–Crippen MR) is 81.7 cm³/mol. The Bertz CT molecular complexity index is 242. The van der Waals surface area contributed by atoms with E-state index in [2.05, 4.69) is 43.1 Å². The van der Waals surface area contributed by atoms with Gasteiger partial charge in [-0.3, -0.25) is 0 Å². The first-order valence-electron chi connectivity index (χ1n) is 7.52. The Kier molecular flexibility index (Phi) is 10.6. The summed E-state index contributed by atoms with van der Waals surface area (Å²) in [5, 5.41) is 15.2. The zero-order valence-corrected chi connectivity index (χ0v) is 13.0. The third kappa shape index (κ3) is 8.83. The summed E-state index contributed by atoms with van der Waals surface area (Å²) >= 11 is 0. The number of nitrogens with one attached hydrogen (secondary N) is 1. The van der Waals surface area contributed by atoms with E-state index in [0.717, 1.165) is 32.5 Å². The van der Waals surface area contributed by atoms with Gasteiger partial charge in [0.25, 0.3) is 0 Å². The molecule has 5 nitrogen and oxygen atoms in total. The molecule has 114 valence electrons. The summed E-state index contributed by atoms with van der Waals surface area (Å²) in [5.41, 5.74) is 5.55. The van der Waals surface area contributed by atoms with Crippen LogP contribution in [0.15, 0.2) is 5.16 Å². The van der Waals surface area contributed by atoms with Gasteiger partial charge in [-0.25, -0.2) is 0 Å². The van der Waals surface area contributed by atoms with Gasteiger partial charge >= 0.3 is 0 Å². The van der Waals surface area contributed by atoms with Crippen LogP contribution in [0.1, 0.15) is 53.4 Å². The Morgan fingerprint density at radius 3 is 2.42 bits per heavy atom. The largest absolute Gasteiger partial charge is 0.409 e. The Balaban J connectivity index is 3.90. The van der Waals surface area contributed by atoms with Gasteiger partial charge in [0.1, 0.15) is 5.84 Å². The van der Waals surface area contributed by atoms with Gasteiger partial charge in [-0.05, 0) is 45.8 Å². The van der Waals surface area contributed by atoms with Crippen molar-refractivity contribution in [2.45, 2.75) is 65.5 Å². The molecule has 0 rings (SSSR count). The van der Waals surface area contributed by atoms with Crippen LogP contribution in [0.25, 0.3) is 0 Å². The van der Waals surface area contributed by atoms with Crippen LogP contribution in [-0.2, 0) is 0 Å². The molecule has 4 N–H and O–H groups in total. The summed E-state index contributed by atoms with van der Waals surface area (Å²) in [6.45, 7) is 12.1. The monoisotopic (exact) mass is 272 g/mol. The lowest BCUT2D eigenvalue weighted by molar-refractivity contribution is 0.287.